The lowest BCUT2D eigenvalue weighted by Crippen LogP contribution is -2.36. The van der Waals surface area contributed by atoms with E-state index >= 15 is 0 Å². The highest BCUT2D eigenvalue weighted by molar-refractivity contribution is 6.02. The van der Waals surface area contributed by atoms with Crippen LogP contribution in [0.1, 0.15) is 38.2 Å². The SMILES string of the molecule is CCOc1nonc1C(=O)NC(=O)OC(C)(C)C. The minimum Gasteiger partial charge on any atom is -0.474 e. The van der Waals surface area contributed by atoms with Crippen molar-refractivity contribution in [2.75, 3.05) is 6.61 Å². The maximum absolute atomic E-state index is 11.6. The molecule has 1 rings (SSSR count). The minimum atomic E-state index is -0.877. The number of ether oxygens (including phenoxy) is 2. The average Bonchev–Trinajstić information content (AvgIpc) is 2.63. The number of nitrogens with zero attached hydrogens (tertiary/aromatic N) is 2. The van der Waals surface area contributed by atoms with E-state index < -0.39 is 17.6 Å². The number of imide groups is 1. The van der Waals surface area contributed by atoms with E-state index in [-0.39, 0.29) is 11.6 Å². The lowest BCUT2D eigenvalue weighted by Gasteiger charge is -2.18. The third-order valence-electron chi connectivity index (χ3n) is 1.57. The van der Waals surface area contributed by atoms with E-state index in [1.165, 1.54) is 0 Å². The quantitative estimate of drug-likeness (QED) is 0.865. The number of rotatable bonds is 3. The van der Waals surface area contributed by atoms with Gasteiger partial charge >= 0.3 is 6.09 Å². The summed E-state index contributed by atoms with van der Waals surface area (Å²) in [5.74, 6) is -0.868. The standard InChI is InChI=1S/C10H15N3O5/c1-5-16-8-6(12-18-13-8)7(14)11-9(15)17-10(2,3)4/h5H2,1-4H3,(H,11,14,15). The topological polar surface area (TPSA) is 104 Å². The summed E-state index contributed by atoms with van der Waals surface area (Å²) in [4.78, 5) is 23.0. The Morgan fingerprint density at radius 2 is 2.00 bits per heavy atom. The highest BCUT2D eigenvalue weighted by atomic mass is 16.6. The number of hydrogen-bond donors (Lipinski definition) is 1. The highest BCUT2D eigenvalue weighted by Gasteiger charge is 2.24. The predicted octanol–water partition coefficient (Wildman–Crippen LogP) is 1.13. The van der Waals surface area contributed by atoms with Gasteiger partial charge in [-0.25, -0.2) is 9.42 Å². The maximum atomic E-state index is 11.6. The van der Waals surface area contributed by atoms with Crippen molar-refractivity contribution in [1.29, 1.82) is 0 Å². The van der Waals surface area contributed by atoms with Crippen molar-refractivity contribution >= 4 is 12.0 Å². The maximum Gasteiger partial charge on any atom is 0.414 e. The Morgan fingerprint density at radius 1 is 1.33 bits per heavy atom. The van der Waals surface area contributed by atoms with Crippen molar-refractivity contribution in [3.05, 3.63) is 5.69 Å². The highest BCUT2D eigenvalue weighted by Crippen LogP contribution is 2.12. The van der Waals surface area contributed by atoms with Crippen LogP contribution < -0.4 is 10.1 Å². The molecule has 100 valence electrons. The van der Waals surface area contributed by atoms with Crippen molar-refractivity contribution in [2.45, 2.75) is 33.3 Å². The summed E-state index contributed by atoms with van der Waals surface area (Å²) >= 11 is 0. The fraction of sp³-hybridized carbons (Fsp3) is 0.600. The Bertz CT molecular complexity index is 435. The molecule has 0 aliphatic carbocycles. The first-order valence-corrected chi connectivity index (χ1v) is 5.33. The van der Waals surface area contributed by atoms with Crippen molar-refractivity contribution in [1.82, 2.24) is 15.6 Å². The van der Waals surface area contributed by atoms with Gasteiger partial charge in [0.1, 0.15) is 5.60 Å². The number of alkyl carbamates (subject to hydrolysis) is 1. The summed E-state index contributed by atoms with van der Waals surface area (Å²) in [5.41, 5.74) is -0.905. The van der Waals surface area contributed by atoms with Gasteiger partial charge in [-0.3, -0.25) is 10.1 Å². The lowest BCUT2D eigenvalue weighted by atomic mass is 10.2. The van der Waals surface area contributed by atoms with E-state index in [9.17, 15) is 9.59 Å². The summed E-state index contributed by atoms with van der Waals surface area (Å²) in [5, 5.41) is 8.74. The van der Waals surface area contributed by atoms with Crippen molar-refractivity contribution in [3.8, 4) is 5.88 Å². The number of hydrogen-bond acceptors (Lipinski definition) is 7. The summed E-state index contributed by atoms with van der Waals surface area (Å²) in [6.45, 7) is 7.05. The van der Waals surface area contributed by atoms with E-state index in [2.05, 4.69) is 14.9 Å². The Hall–Kier alpha value is -2.12. The van der Waals surface area contributed by atoms with Gasteiger partial charge in [0, 0.05) is 0 Å². The number of nitrogens with one attached hydrogen (secondary N) is 1. The molecular weight excluding hydrogens is 242 g/mol. The fourth-order valence-electron chi connectivity index (χ4n) is 1.01. The molecule has 0 spiro atoms. The summed E-state index contributed by atoms with van der Waals surface area (Å²) in [6.07, 6.45) is -0.877. The fourth-order valence-corrected chi connectivity index (χ4v) is 1.01. The third kappa shape index (κ3) is 4.04. The molecule has 0 saturated carbocycles. The van der Waals surface area contributed by atoms with Gasteiger partial charge in [-0.15, -0.1) is 0 Å². The second-order valence-electron chi connectivity index (χ2n) is 4.31. The monoisotopic (exact) mass is 257 g/mol. The van der Waals surface area contributed by atoms with Crippen molar-refractivity contribution < 1.29 is 23.7 Å². The van der Waals surface area contributed by atoms with Crippen LogP contribution in [0.2, 0.25) is 0 Å². The zero-order valence-corrected chi connectivity index (χ0v) is 10.6. The summed E-state index contributed by atoms with van der Waals surface area (Å²) < 4.78 is 14.3. The molecule has 8 nitrogen and oxygen atoms in total. The zero-order chi connectivity index (χ0) is 13.8. The van der Waals surface area contributed by atoms with E-state index in [0.29, 0.717) is 6.61 Å². The molecule has 0 atom stereocenters. The molecule has 1 N–H and O–H groups in total. The van der Waals surface area contributed by atoms with Crippen LogP contribution in [0.4, 0.5) is 4.79 Å². The molecule has 1 aromatic heterocycles. The largest absolute Gasteiger partial charge is 0.474 e. The molecule has 0 fully saturated rings. The predicted molar refractivity (Wildman–Crippen MR) is 59.2 cm³/mol. The van der Waals surface area contributed by atoms with E-state index in [1.54, 1.807) is 27.7 Å². The molecule has 8 heteroatoms. The molecular formula is C10H15N3O5. The van der Waals surface area contributed by atoms with Crippen molar-refractivity contribution in [2.24, 2.45) is 0 Å². The molecule has 0 radical (unpaired) electrons. The molecule has 1 aromatic rings. The molecule has 0 aliphatic heterocycles. The summed E-state index contributed by atoms with van der Waals surface area (Å²) in [7, 11) is 0. The van der Waals surface area contributed by atoms with Gasteiger partial charge in [0.05, 0.1) is 6.61 Å². The van der Waals surface area contributed by atoms with Gasteiger partial charge in [0.25, 0.3) is 11.8 Å². The smallest absolute Gasteiger partial charge is 0.414 e. The second kappa shape index (κ2) is 5.48. The first-order valence-electron chi connectivity index (χ1n) is 5.33. The van der Waals surface area contributed by atoms with Crippen LogP contribution >= 0.6 is 0 Å². The normalized spacial score (nSPS) is 10.9. The van der Waals surface area contributed by atoms with Crippen LogP contribution in [0.3, 0.4) is 0 Å². The molecule has 0 aliphatic rings. The number of carbonyl (C=O) groups excluding carboxylic acids is 2. The van der Waals surface area contributed by atoms with E-state index in [0.717, 1.165) is 0 Å². The van der Waals surface area contributed by atoms with Gasteiger partial charge in [-0.2, -0.15) is 0 Å². The average molecular weight is 257 g/mol. The molecule has 0 aromatic carbocycles. The number of carbonyl (C=O) groups is 2. The van der Waals surface area contributed by atoms with Gasteiger partial charge < -0.3 is 9.47 Å². The number of aromatic nitrogens is 2. The molecule has 0 unspecified atom stereocenters. The van der Waals surface area contributed by atoms with Crippen LogP contribution in [-0.4, -0.2) is 34.5 Å². The van der Waals surface area contributed by atoms with Gasteiger partial charge in [-0.1, -0.05) is 0 Å². The first kappa shape index (κ1) is 13.9. The Labute approximate surface area is 104 Å². The van der Waals surface area contributed by atoms with Crippen LogP contribution in [-0.2, 0) is 4.74 Å². The second-order valence-corrected chi connectivity index (χ2v) is 4.31. The minimum absolute atomic E-state index is 0.0708. The third-order valence-corrected chi connectivity index (χ3v) is 1.57. The van der Waals surface area contributed by atoms with Crippen LogP contribution in [0.15, 0.2) is 4.63 Å². The zero-order valence-electron chi connectivity index (χ0n) is 10.6. The molecule has 2 amide bonds. The van der Waals surface area contributed by atoms with E-state index in [1.807, 2.05) is 5.32 Å². The van der Waals surface area contributed by atoms with Crippen LogP contribution in [0.25, 0.3) is 0 Å². The Morgan fingerprint density at radius 3 is 2.56 bits per heavy atom. The Kier molecular flexibility index (Phi) is 4.24. The number of amides is 2. The van der Waals surface area contributed by atoms with E-state index in [4.69, 9.17) is 9.47 Å². The Balaban J connectivity index is 2.65. The molecule has 0 bridgehead atoms. The van der Waals surface area contributed by atoms with Gasteiger partial charge in [0.2, 0.25) is 5.69 Å². The van der Waals surface area contributed by atoms with Gasteiger partial charge in [-0.05, 0) is 38.0 Å². The van der Waals surface area contributed by atoms with Crippen LogP contribution in [0, 0.1) is 0 Å². The molecule has 18 heavy (non-hydrogen) atoms. The molecule has 0 saturated heterocycles. The molecule has 1 heterocycles. The van der Waals surface area contributed by atoms with Crippen LogP contribution in [0.5, 0.6) is 5.88 Å². The summed E-state index contributed by atoms with van der Waals surface area (Å²) in [6, 6.07) is 0. The first-order chi connectivity index (χ1) is 8.33. The van der Waals surface area contributed by atoms with Gasteiger partial charge in [0.15, 0.2) is 0 Å². The lowest BCUT2D eigenvalue weighted by molar-refractivity contribution is 0.0506. The van der Waals surface area contributed by atoms with Crippen molar-refractivity contribution in [3.63, 3.8) is 0 Å².